The molecule has 3 atom stereocenters. The molecule has 1 aliphatic carbocycles. The van der Waals surface area contributed by atoms with Crippen LogP contribution in [0, 0.1) is 5.92 Å². The van der Waals surface area contributed by atoms with E-state index in [1.807, 2.05) is 30.3 Å². The lowest BCUT2D eigenvalue weighted by molar-refractivity contribution is -0.129. The second-order valence-electron chi connectivity index (χ2n) is 5.95. The fourth-order valence-electron chi connectivity index (χ4n) is 3.22. The van der Waals surface area contributed by atoms with Gasteiger partial charge in [0, 0.05) is 24.2 Å². The molecule has 2 amide bonds. The van der Waals surface area contributed by atoms with E-state index in [0.717, 1.165) is 24.9 Å². The Morgan fingerprint density at radius 3 is 2.55 bits per heavy atom. The largest absolute Gasteiger partial charge is 0.344 e. The highest BCUT2D eigenvalue weighted by Crippen LogP contribution is 2.25. The molecule has 3 unspecified atom stereocenters. The van der Waals surface area contributed by atoms with Gasteiger partial charge in [0.1, 0.15) is 6.04 Å². The molecule has 2 aliphatic rings. The molecular weight excluding hydrogens is 302 g/mol. The van der Waals surface area contributed by atoms with Gasteiger partial charge in [-0.2, -0.15) is 0 Å². The third-order valence-electron chi connectivity index (χ3n) is 4.43. The third-order valence-corrected chi connectivity index (χ3v) is 4.43. The van der Waals surface area contributed by atoms with Gasteiger partial charge < -0.3 is 16.0 Å². The molecule has 5 nitrogen and oxygen atoms in total. The molecule has 0 spiro atoms. The SMILES string of the molecule is Cl.NC1CCC(C(=O)NC2CCN(c3ccccc3)C2=O)C1. The Morgan fingerprint density at radius 2 is 1.91 bits per heavy atom. The lowest BCUT2D eigenvalue weighted by Gasteiger charge is -2.18. The predicted molar refractivity (Wildman–Crippen MR) is 87.9 cm³/mol. The summed E-state index contributed by atoms with van der Waals surface area (Å²) in [5, 5.41) is 2.91. The number of anilines is 1. The molecular formula is C16H22ClN3O2. The lowest BCUT2D eigenvalue weighted by Crippen LogP contribution is -2.43. The van der Waals surface area contributed by atoms with Crippen LogP contribution in [-0.4, -0.2) is 30.4 Å². The number of benzene rings is 1. The molecule has 3 rings (SSSR count). The smallest absolute Gasteiger partial charge is 0.249 e. The Balaban J connectivity index is 0.00000176. The molecule has 0 aromatic heterocycles. The first-order chi connectivity index (χ1) is 10.1. The fraction of sp³-hybridized carbons (Fsp3) is 0.500. The number of halogens is 1. The number of rotatable bonds is 3. The number of carbonyl (C=O) groups is 2. The predicted octanol–water partition coefficient (Wildman–Crippen LogP) is 1.46. The Bertz CT molecular complexity index is 537. The molecule has 120 valence electrons. The number of amides is 2. The topological polar surface area (TPSA) is 75.4 Å². The van der Waals surface area contributed by atoms with E-state index in [4.69, 9.17) is 5.73 Å². The average Bonchev–Trinajstić information content (AvgIpc) is 3.07. The van der Waals surface area contributed by atoms with Crippen LogP contribution in [0.5, 0.6) is 0 Å². The molecule has 2 fully saturated rings. The van der Waals surface area contributed by atoms with Gasteiger partial charge in [-0.1, -0.05) is 18.2 Å². The van der Waals surface area contributed by atoms with Crippen molar-refractivity contribution in [1.82, 2.24) is 5.32 Å². The van der Waals surface area contributed by atoms with Crippen molar-refractivity contribution in [2.45, 2.75) is 37.8 Å². The summed E-state index contributed by atoms with van der Waals surface area (Å²) < 4.78 is 0. The molecule has 1 aliphatic heterocycles. The van der Waals surface area contributed by atoms with E-state index in [-0.39, 0.29) is 36.2 Å². The number of carbonyl (C=O) groups excluding carboxylic acids is 2. The van der Waals surface area contributed by atoms with Gasteiger partial charge in [0.15, 0.2) is 0 Å². The van der Waals surface area contributed by atoms with Crippen molar-refractivity contribution in [3.8, 4) is 0 Å². The van der Waals surface area contributed by atoms with Crippen LogP contribution in [0.4, 0.5) is 5.69 Å². The van der Waals surface area contributed by atoms with Crippen molar-refractivity contribution in [3.05, 3.63) is 30.3 Å². The van der Waals surface area contributed by atoms with Gasteiger partial charge in [0.25, 0.3) is 0 Å². The highest BCUT2D eigenvalue weighted by Gasteiger charge is 2.36. The Hall–Kier alpha value is -1.59. The van der Waals surface area contributed by atoms with E-state index in [1.54, 1.807) is 4.90 Å². The maximum absolute atomic E-state index is 12.4. The highest BCUT2D eigenvalue weighted by atomic mass is 35.5. The number of nitrogens with one attached hydrogen (secondary N) is 1. The van der Waals surface area contributed by atoms with Crippen LogP contribution in [0.1, 0.15) is 25.7 Å². The summed E-state index contributed by atoms with van der Waals surface area (Å²) in [7, 11) is 0. The third kappa shape index (κ3) is 3.42. The summed E-state index contributed by atoms with van der Waals surface area (Å²) in [6, 6.07) is 9.31. The van der Waals surface area contributed by atoms with Crippen molar-refractivity contribution in [2.75, 3.05) is 11.4 Å². The van der Waals surface area contributed by atoms with Crippen LogP contribution in [0.15, 0.2) is 30.3 Å². The Morgan fingerprint density at radius 1 is 1.18 bits per heavy atom. The van der Waals surface area contributed by atoms with Crippen molar-refractivity contribution >= 4 is 29.9 Å². The van der Waals surface area contributed by atoms with Gasteiger partial charge >= 0.3 is 0 Å². The normalized spacial score (nSPS) is 27.6. The van der Waals surface area contributed by atoms with E-state index >= 15 is 0 Å². The van der Waals surface area contributed by atoms with Gasteiger partial charge in [-0.25, -0.2) is 0 Å². The number of hydrogen-bond donors (Lipinski definition) is 2. The Kier molecular flexibility index (Phi) is 5.42. The summed E-state index contributed by atoms with van der Waals surface area (Å²) in [6.45, 7) is 0.651. The first-order valence-corrected chi connectivity index (χ1v) is 7.57. The molecule has 0 radical (unpaired) electrons. The first kappa shape index (κ1) is 16.8. The molecule has 6 heteroatoms. The first-order valence-electron chi connectivity index (χ1n) is 7.57. The maximum atomic E-state index is 12.4. The molecule has 0 bridgehead atoms. The lowest BCUT2D eigenvalue weighted by atomic mass is 10.1. The molecule has 1 heterocycles. The highest BCUT2D eigenvalue weighted by molar-refractivity contribution is 6.01. The second kappa shape index (κ2) is 7.11. The van der Waals surface area contributed by atoms with Crippen molar-refractivity contribution in [2.24, 2.45) is 11.7 Å². The monoisotopic (exact) mass is 323 g/mol. The van der Waals surface area contributed by atoms with E-state index < -0.39 is 6.04 Å². The zero-order chi connectivity index (χ0) is 14.8. The van der Waals surface area contributed by atoms with Crippen LogP contribution in [0.2, 0.25) is 0 Å². The number of para-hydroxylation sites is 1. The van der Waals surface area contributed by atoms with Crippen LogP contribution < -0.4 is 16.0 Å². The Labute approximate surface area is 136 Å². The minimum Gasteiger partial charge on any atom is -0.344 e. The average molecular weight is 324 g/mol. The summed E-state index contributed by atoms with van der Waals surface area (Å²) in [6.07, 6.45) is 3.12. The zero-order valence-electron chi connectivity index (χ0n) is 12.4. The quantitative estimate of drug-likeness (QED) is 0.884. The van der Waals surface area contributed by atoms with Gasteiger partial charge in [-0.3, -0.25) is 9.59 Å². The second-order valence-corrected chi connectivity index (χ2v) is 5.95. The van der Waals surface area contributed by atoms with Crippen molar-refractivity contribution < 1.29 is 9.59 Å². The summed E-state index contributed by atoms with van der Waals surface area (Å²) in [4.78, 5) is 26.3. The zero-order valence-corrected chi connectivity index (χ0v) is 13.2. The molecule has 22 heavy (non-hydrogen) atoms. The van der Waals surface area contributed by atoms with Gasteiger partial charge in [-0.05, 0) is 37.8 Å². The summed E-state index contributed by atoms with van der Waals surface area (Å²) >= 11 is 0. The molecule has 1 saturated heterocycles. The standard InChI is InChI=1S/C16H21N3O2.ClH/c17-12-7-6-11(10-12)15(20)18-14-8-9-19(16(14)21)13-4-2-1-3-5-13;/h1-5,11-12,14H,6-10,17H2,(H,18,20);1H. The fourth-order valence-corrected chi connectivity index (χ4v) is 3.22. The van der Waals surface area contributed by atoms with Crippen molar-refractivity contribution in [1.29, 1.82) is 0 Å². The van der Waals surface area contributed by atoms with E-state index in [1.165, 1.54) is 0 Å². The molecule has 1 aromatic rings. The van der Waals surface area contributed by atoms with E-state index in [0.29, 0.717) is 13.0 Å². The van der Waals surface area contributed by atoms with Crippen LogP contribution >= 0.6 is 12.4 Å². The number of nitrogens with two attached hydrogens (primary N) is 1. The van der Waals surface area contributed by atoms with Crippen molar-refractivity contribution in [3.63, 3.8) is 0 Å². The maximum Gasteiger partial charge on any atom is 0.249 e. The van der Waals surface area contributed by atoms with Gasteiger partial charge in [0.05, 0.1) is 0 Å². The number of nitrogens with zero attached hydrogens (tertiary/aromatic N) is 1. The summed E-state index contributed by atoms with van der Waals surface area (Å²) in [5.41, 5.74) is 6.73. The van der Waals surface area contributed by atoms with E-state index in [9.17, 15) is 9.59 Å². The van der Waals surface area contributed by atoms with Crippen LogP contribution in [-0.2, 0) is 9.59 Å². The van der Waals surface area contributed by atoms with Gasteiger partial charge in [-0.15, -0.1) is 12.4 Å². The minimum atomic E-state index is -0.394. The van der Waals surface area contributed by atoms with Crippen LogP contribution in [0.25, 0.3) is 0 Å². The molecule has 1 saturated carbocycles. The van der Waals surface area contributed by atoms with Crippen LogP contribution in [0.3, 0.4) is 0 Å². The number of hydrogen-bond acceptors (Lipinski definition) is 3. The molecule has 1 aromatic carbocycles. The van der Waals surface area contributed by atoms with Gasteiger partial charge in [0.2, 0.25) is 11.8 Å². The van der Waals surface area contributed by atoms with E-state index in [2.05, 4.69) is 5.32 Å². The molecule has 3 N–H and O–H groups in total. The summed E-state index contributed by atoms with van der Waals surface area (Å²) in [5.74, 6) is -0.0633. The minimum absolute atomic E-state index is 0.